The summed E-state index contributed by atoms with van der Waals surface area (Å²) >= 11 is 0. The Morgan fingerprint density at radius 3 is 2.71 bits per heavy atom. The molecule has 4 heteroatoms. The number of hydrogen-bond donors (Lipinski definition) is 1. The van der Waals surface area contributed by atoms with Crippen LogP contribution in [0.25, 0.3) is 0 Å². The molecule has 0 aromatic rings. The highest BCUT2D eigenvalue weighted by Crippen LogP contribution is 2.22. The largest absolute Gasteiger partial charge is 0.348 e. The van der Waals surface area contributed by atoms with Gasteiger partial charge in [-0.1, -0.05) is 6.92 Å². The fraction of sp³-hybridized carbons (Fsp3) is 0.900. The summed E-state index contributed by atoms with van der Waals surface area (Å²) in [4.78, 5) is 15.3. The number of hydrogen-bond acceptors (Lipinski definition) is 3. The molecule has 0 bridgehead atoms. The summed E-state index contributed by atoms with van der Waals surface area (Å²) in [5, 5.41) is 0. The van der Waals surface area contributed by atoms with E-state index in [0.717, 1.165) is 13.0 Å². The molecule has 1 aliphatic rings. The van der Waals surface area contributed by atoms with Crippen LogP contribution in [-0.4, -0.2) is 55.5 Å². The summed E-state index contributed by atoms with van der Waals surface area (Å²) in [6, 6.07) is 0.388. The van der Waals surface area contributed by atoms with E-state index in [4.69, 9.17) is 5.73 Å². The zero-order chi connectivity index (χ0) is 10.7. The molecule has 0 saturated carbocycles. The lowest BCUT2D eigenvalue weighted by Gasteiger charge is -2.26. The third kappa shape index (κ3) is 2.45. The monoisotopic (exact) mass is 199 g/mol. The van der Waals surface area contributed by atoms with Crippen molar-refractivity contribution in [3.05, 3.63) is 0 Å². The Labute approximate surface area is 86.0 Å². The molecule has 2 unspecified atom stereocenters. The van der Waals surface area contributed by atoms with Crippen molar-refractivity contribution in [2.45, 2.75) is 19.4 Å². The lowest BCUT2D eigenvalue weighted by atomic mass is 10.0. The van der Waals surface area contributed by atoms with Crippen molar-refractivity contribution in [1.82, 2.24) is 9.80 Å². The first-order valence-corrected chi connectivity index (χ1v) is 5.20. The summed E-state index contributed by atoms with van der Waals surface area (Å²) in [5.41, 5.74) is 5.70. The van der Waals surface area contributed by atoms with Crippen LogP contribution in [0.5, 0.6) is 0 Å². The normalized spacial score (nSPS) is 28.0. The van der Waals surface area contributed by atoms with E-state index in [2.05, 4.69) is 11.8 Å². The van der Waals surface area contributed by atoms with Crippen LogP contribution in [0.4, 0.5) is 0 Å². The van der Waals surface area contributed by atoms with Gasteiger partial charge in [-0.3, -0.25) is 9.69 Å². The number of nitrogens with zero attached hydrogens (tertiary/aromatic N) is 2. The molecule has 0 aromatic carbocycles. The predicted octanol–water partition coefficient (Wildman–Crippen LogP) is -0.256. The van der Waals surface area contributed by atoms with Crippen molar-refractivity contribution in [2.75, 3.05) is 33.7 Å². The summed E-state index contributed by atoms with van der Waals surface area (Å²) < 4.78 is 0. The zero-order valence-corrected chi connectivity index (χ0v) is 9.36. The molecule has 2 N–H and O–H groups in total. The predicted molar refractivity (Wildman–Crippen MR) is 56.9 cm³/mol. The fourth-order valence-electron chi connectivity index (χ4n) is 1.98. The van der Waals surface area contributed by atoms with E-state index < -0.39 is 0 Å². The first-order valence-electron chi connectivity index (χ1n) is 5.20. The Balaban J connectivity index is 2.48. The van der Waals surface area contributed by atoms with E-state index in [1.54, 1.807) is 19.0 Å². The van der Waals surface area contributed by atoms with Gasteiger partial charge in [-0.25, -0.2) is 0 Å². The molecule has 4 nitrogen and oxygen atoms in total. The number of amides is 1. The highest BCUT2D eigenvalue weighted by Gasteiger charge is 2.31. The zero-order valence-electron chi connectivity index (χ0n) is 9.36. The first-order chi connectivity index (χ1) is 6.56. The van der Waals surface area contributed by atoms with Gasteiger partial charge in [0.05, 0.1) is 6.54 Å². The minimum Gasteiger partial charge on any atom is -0.348 e. The number of carbonyl (C=O) groups excluding carboxylic acids is 1. The molecule has 0 spiro atoms. The van der Waals surface area contributed by atoms with E-state index >= 15 is 0 Å². The molecule has 0 aromatic heterocycles. The average molecular weight is 199 g/mol. The summed E-state index contributed by atoms with van der Waals surface area (Å²) in [6.07, 6.45) is 1.16. The molecular formula is C10H21N3O. The van der Waals surface area contributed by atoms with Gasteiger partial charge in [0.1, 0.15) is 0 Å². The van der Waals surface area contributed by atoms with Gasteiger partial charge in [0, 0.05) is 26.7 Å². The number of rotatable bonds is 3. The molecule has 1 saturated heterocycles. The van der Waals surface area contributed by atoms with Crippen molar-refractivity contribution < 1.29 is 4.79 Å². The molecule has 0 radical (unpaired) electrons. The molecule has 82 valence electrons. The van der Waals surface area contributed by atoms with Gasteiger partial charge in [0.25, 0.3) is 0 Å². The highest BCUT2D eigenvalue weighted by atomic mass is 16.2. The lowest BCUT2D eigenvalue weighted by Crippen LogP contribution is -2.43. The summed E-state index contributed by atoms with van der Waals surface area (Å²) in [5.74, 6) is 0.785. The molecule has 14 heavy (non-hydrogen) atoms. The van der Waals surface area contributed by atoms with Gasteiger partial charge in [0.15, 0.2) is 0 Å². The molecule has 1 amide bonds. The third-order valence-electron chi connectivity index (χ3n) is 3.08. The molecule has 1 fully saturated rings. The standard InChI is InChI=1S/C10H21N3O/c1-8-4-5-13(9(8)6-11)7-10(14)12(2)3/h8-9H,4-7,11H2,1-3H3. The summed E-state index contributed by atoms with van der Waals surface area (Å²) in [7, 11) is 3.58. The van der Waals surface area contributed by atoms with Crippen LogP contribution in [0, 0.1) is 5.92 Å². The van der Waals surface area contributed by atoms with Gasteiger partial charge in [-0.15, -0.1) is 0 Å². The van der Waals surface area contributed by atoms with Crippen LogP contribution in [0.15, 0.2) is 0 Å². The quantitative estimate of drug-likeness (QED) is 0.681. The van der Waals surface area contributed by atoms with Crippen molar-refractivity contribution >= 4 is 5.91 Å². The van der Waals surface area contributed by atoms with Crippen molar-refractivity contribution in [2.24, 2.45) is 11.7 Å². The minimum absolute atomic E-state index is 0.164. The van der Waals surface area contributed by atoms with Gasteiger partial charge < -0.3 is 10.6 Å². The molecule has 1 heterocycles. The topological polar surface area (TPSA) is 49.6 Å². The second kappa shape index (κ2) is 4.75. The van der Waals surface area contributed by atoms with Crippen LogP contribution >= 0.6 is 0 Å². The summed E-state index contributed by atoms with van der Waals surface area (Å²) in [6.45, 7) is 4.38. The average Bonchev–Trinajstić information content (AvgIpc) is 2.46. The van der Waals surface area contributed by atoms with E-state index in [-0.39, 0.29) is 5.91 Å². The van der Waals surface area contributed by atoms with Gasteiger partial charge in [0.2, 0.25) is 5.91 Å². The van der Waals surface area contributed by atoms with Crippen LogP contribution in [0.3, 0.4) is 0 Å². The van der Waals surface area contributed by atoms with Crippen LogP contribution < -0.4 is 5.73 Å². The van der Waals surface area contributed by atoms with Gasteiger partial charge in [-0.05, 0) is 18.9 Å². The second-order valence-corrected chi connectivity index (χ2v) is 4.33. The maximum Gasteiger partial charge on any atom is 0.236 e. The second-order valence-electron chi connectivity index (χ2n) is 4.33. The lowest BCUT2D eigenvalue weighted by molar-refractivity contribution is -0.130. The van der Waals surface area contributed by atoms with E-state index in [0.29, 0.717) is 25.0 Å². The molecular weight excluding hydrogens is 178 g/mol. The number of nitrogens with two attached hydrogens (primary N) is 1. The van der Waals surface area contributed by atoms with E-state index in [1.807, 2.05) is 0 Å². The number of likely N-dealkylation sites (N-methyl/N-ethyl adjacent to an activating group) is 1. The maximum absolute atomic E-state index is 11.5. The Kier molecular flexibility index (Phi) is 3.89. The first kappa shape index (κ1) is 11.5. The smallest absolute Gasteiger partial charge is 0.236 e. The van der Waals surface area contributed by atoms with E-state index in [9.17, 15) is 4.79 Å². The maximum atomic E-state index is 11.5. The SMILES string of the molecule is CC1CCN(CC(=O)N(C)C)C1CN. The Bertz CT molecular complexity index is 206. The van der Waals surface area contributed by atoms with Crippen LogP contribution in [0.1, 0.15) is 13.3 Å². The van der Waals surface area contributed by atoms with Crippen molar-refractivity contribution in [3.8, 4) is 0 Å². The minimum atomic E-state index is 0.164. The van der Waals surface area contributed by atoms with Crippen LogP contribution in [-0.2, 0) is 4.79 Å². The Morgan fingerprint density at radius 1 is 1.57 bits per heavy atom. The molecule has 1 rings (SSSR count). The number of carbonyl (C=O) groups is 1. The van der Waals surface area contributed by atoms with Gasteiger partial charge in [-0.2, -0.15) is 0 Å². The van der Waals surface area contributed by atoms with Crippen molar-refractivity contribution in [1.29, 1.82) is 0 Å². The molecule has 0 aliphatic carbocycles. The fourth-order valence-corrected chi connectivity index (χ4v) is 1.98. The van der Waals surface area contributed by atoms with E-state index in [1.165, 1.54) is 0 Å². The molecule has 1 aliphatic heterocycles. The number of likely N-dealkylation sites (tertiary alicyclic amines) is 1. The molecule has 2 atom stereocenters. The Morgan fingerprint density at radius 2 is 2.21 bits per heavy atom. The van der Waals surface area contributed by atoms with Gasteiger partial charge >= 0.3 is 0 Å². The van der Waals surface area contributed by atoms with Crippen molar-refractivity contribution in [3.63, 3.8) is 0 Å². The third-order valence-corrected chi connectivity index (χ3v) is 3.08. The van der Waals surface area contributed by atoms with Crippen LogP contribution in [0.2, 0.25) is 0 Å². The Hall–Kier alpha value is -0.610. The highest BCUT2D eigenvalue weighted by molar-refractivity contribution is 5.77.